The Labute approximate surface area is 93.9 Å². The molecule has 0 saturated carbocycles. The first-order chi connectivity index (χ1) is 6.92. The predicted octanol–water partition coefficient (Wildman–Crippen LogP) is 1.73. The second-order valence-corrected chi connectivity index (χ2v) is 4.94. The lowest BCUT2D eigenvalue weighted by Gasteiger charge is -2.20. The number of carbonyl (C=O) groups excluding carboxylic acids is 1. The van der Waals surface area contributed by atoms with Gasteiger partial charge in [0, 0.05) is 17.9 Å². The molecule has 0 aliphatic rings. The molecule has 0 aliphatic carbocycles. The first kappa shape index (κ1) is 12.0. The Morgan fingerprint density at radius 1 is 1.33 bits per heavy atom. The van der Waals surface area contributed by atoms with Crippen molar-refractivity contribution in [3.05, 3.63) is 18.0 Å². The predicted molar refractivity (Wildman–Crippen MR) is 61.0 cm³/mol. The molecule has 0 bridgehead atoms. The highest BCUT2D eigenvalue weighted by Gasteiger charge is 2.15. The second kappa shape index (κ2) is 4.61. The van der Waals surface area contributed by atoms with Crippen molar-refractivity contribution in [2.45, 2.75) is 31.5 Å². The third kappa shape index (κ3) is 3.87. The van der Waals surface area contributed by atoms with Crippen LogP contribution in [0.25, 0.3) is 0 Å². The van der Waals surface area contributed by atoms with E-state index in [1.165, 1.54) is 11.8 Å². The lowest BCUT2D eigenvalue weighted by atomic mass is 10.1. The Balaban J connectivity index is 2.75. The zero-order valence-electron chi connectivity index (χ0n) is 9.37. The third-order valence-electron chi connectivity index (χ3n) is 1.56. The van der Waals surface area contributed by atoms with Crippen LogP contribution >= 0.6 is 11.8 Å². The highest BCUT2D eigenvalue weighted by molar-refractivity contribution is 7.98. The molecule has 0 aromatic carbocycles. The lowest BCUT2D eigenvalue weighted by Crippen LogP contribution is -2.40. The molecule has 0 fully saturated rings. The Morgan fingerprint density at radius 3 is 2.27 bits per heavy atom. The summed E-state index contributed by atoms with van der Waals surface area (Å²) in [6.07, 6.45) is 4.98. The van der Waals surface area contributed by atoms with E-state index in [4.69, 9.17) is 0 Å². The monoisotopic (exact) mass is 225 g/mol. The molecule has 0 aliphatic heterocycles. The van der Waals surface area contributed by atoms with Gasteiger partial charge in [-0.05, 0) is 27.0 Å². The van der Waals surface area contributed by atoms with Crippen LogP contribution in [0, 0.1) is 0 Å². The summed E-state index contributed by atoms with van der Waals surface area (Å²) < 4.78 is 0. The quantitative estimate of drug-likeness (QED) is 0.615. The summed E-state index contributed by atoms with van der Waals surface area (Å²) in [6.45, 7) is 5.80. The lowest BCUT2D eigenvalue weighted by molar-refractivity contribution is 0.0918. The maximum Gasteiger partial charge on any atom is 0.254 e. The highest BCUT2D eigenvalue weighted by atomic mass is 32.2. The van der Waals surface area contributed by atoms with Gasteiger partial charge in [-0.15, -0.1) is 0 Å². The maximum atomic E-state index is 11.7. The number of thioether (sulfide) groups is 1. The van der Waals surface area contributed by atoms with E-state index in [2.05, 4.69) is 15.3 Å². The van der Waals surface area contributed by atoms with Crippen molar-refractivity contribution < 1.29 is 4.79 Å². The Bertz CT molecular complexity index is 343. The fourth-order valence-electron chi connectivity index (χ4n) is 0.952. The molecule has 5 heteroatoms. The summed E-state index contributed by atoms with van der Waals surface area (Å²) in [5.41, 5.74) is 0.248. The van der Waals surface area contributed by atoms with Crippen molar-refractivity contribution in [1.82, 2.24) is 15.3 Å². The molecule has 1 heterocycles. The van der Waals surface area contributed by atoms with Crippen molar-refractivity contribution in [1.29, 1.82) is 0 Å². The number of rotatable bonds is 2. The SMILES string of the molecule is CSc1ncc(C(=O)NC(C)(C)C)cn1. The number of hydrogen-bond donors (Lipinski definition) is 1. The van der Waals surface area contributed by atoms with E-state index >= 15 is 0 Å². The van der Waals surface area contributed by atoms with Crippen LogP contribution in [-0.4, -0.2) is 27.7 Å². The molecule has 0 atom stereocenters. The molecular formula is C10H15N3OS. The number of nitrogens with zero attached hydrogens (tertiary/aromatic N) is 2. The molecule has 1 rings (SSSR count). The van der Waals surface area contributed by atoms with Gasteiger partial charge in [0.25, 0.3) is 5.91 Å². The zero-order valence-corrected chi connectivity index (χ0v) is 10.2. The van der Waals surface area contributed by atoms with E-state index in [1.807, 2.05) is 27.0 Å². The second-order valence-electron chi connectivity index (χ2n) is 4.16. The number of carbonyl (C=O) groups is 1. The van der Waals surface area contributed by atoms with Crippen LogP contribution in [0.3, 0.4) is 0 Å². The van der Waals surface area contributed by atoms with Crippen LogP contribution in [0.1, 0.15) is 31.1 Å². The van der Waals surface area contributed by atoms with E-state index in [1.54, 1.807) is 12.4 Å². The summed E-state index contributed by atoms with van der Waals surface area (Å²) in [7, 11) is 0. The Morgan fingerprint density at radius 2 is 1.87 bits per heavy atom. The van der Waals surface area contributed by atoms with Gasteiger partial charge in [0.1, 0.15) is 0 Å². The number of hydrogen-bond acceptors (Lipinski definition) is 4. The highest BCUT2D eigenvalue weighted by Crippen LogP contribution is 2.08. The van der Waals surface area contributed by atoms with Crippen molar-refractivity contribution in [2.24, 2.45) is 0 Å². The fourth-order valence-corrected chi connectivity index (χ4v) is 1.27. The van der Waals surface area contributed by atoms with Crippen LogP contribution in [0.4, 0.5) is 0 Å². The van der Waals surface area contributed by atoms with Gasteiger partial charge in [-0.2, -0.15) is 0 Å². The zero-order chi connectivity index (χ0) is 11.5. The summed E-state index contributed by atoms with van der Waals surface area (Å²) in [6, 6.07) is 0. The van der Waals surface area contributed by atoms with E-state index in [9.17, 15) is 4.79 Å². The average Bonchev–Trinajstić information content (AvgIpc) is 2.15. The largest absolute Gasteiger partial charge is 0.347 e. The molecule has 1 amide bonds. The molecule has 4 nitrogen and oxygen atoms in total. The number of nitrogens with one attached hydrogen (secondary N) is 1. The van der Waals surface area contributed by atoms with Crippen molar-refractivity contribution in [3.8, 4) is 0 Å². The minimum Gasteiger partial charge on any atom is -0.347 e. The van der Waals surface area contributed by atoms with Gasteiger partial charge in [0.05, 0.1) is 5.56 Å². The number of aromatic nitrogens is 2. The van der Waals surface area contributed by atoms with Crippen LogP contribution in [0.5, 0.6) is 0 Å². The van der Waals surface area contributed by atoms with Crippen LogP contribution < -0.4 is 5.32 Å². The maximum absolute atomic E-state index is 11.7. The van der Waals surface area contributed by atoms with Gasteiger partial charge < -0.3 is 5.32 Å². The van der Waals surface area contributed by atoms with Gasteiger partial charge in [-0.3, -0.25) is 4.79 Å². The van der Waals surface area contributed by atoms with Crippen LogP contribution in [-0.2, 0) is 0 Å². The topological polar surface area (TPSA) is 54.9 Å². The molecular weight excluding hydrogens is 210 g/mol. The van der Waals surface area contributed by atoms with Crippen molar-refractivity contribution in [2.75, 3.05) is 6.26 Å². The molecule has 0 radical (unpaired) electrons. The first-order valence-electron chi connectivity index (χ1n) is 4.61. The van der Waals surface area contributed by atoms with E-state index < -0.39 is 0 Å². The van der Waals surface area contributed by atoms with Gasteiger partial charge in [-0.25, -0.2) is 9.97 Å². The summed E-state index contributed by atoms with van der Waals surface area (Å²) in [5.74, 6) is -0.143. The smallest absolute Gasteiger partial charge is 0.254 e. The molecule has 15 heavy (non-hydrogen) atoms. The summed E-state index contributed by atoms with van der Waals surface area (Å²) in [4.78, 5) is 19.7. The van der Waals surface area contributed by atoms with Crippen LogP contribution in [0.15, 0.2) is 17.6 Å². The first-order valence-corrected chi connectivity index (χ1v) is 5.83. The molecule has 0 unspecified atom stereocenters. The Kier molecular flexibility index (Phi) is 3.68. The number of amides is 1. The van der Waals surface area contributed by atoms with E-state index in [0.717, 1.165) is 0 Å². The molecule has 1 aromatic rings. The van der Waals surface area contributed by atoms with Crippen LogP contribution in [0.2, 0.25) is 0 Å². The van der Waals surface area contributed by atoms with Gasteiger partial charge in [-0.1, -0.05) is 11.8 Å². The molecule has 82 valence electrons. The fraction of sp³-hybridized carbons (Fsp3) is 0.500. The van der Waals surface area contributed by atoms with Gasteiger partial charge in [0.15, 0.2) is 5.16 Å². The standard InChI is InChI=1S/C10H15N3OS/c1-10(2,3)13-8(14)7-5-11-9(15-4)12-6-7/h5-6H,1-4H3,(H,13,14). The Hall–Kier alpha value is -1.10. The normalized spacial score (nSPS) is 11.2. The molecule has 1 N–H and O–H groups in total. The molecule has 0 spiro atoms. The van der Waals surface area contributed by atoms with E-state index in [-0.39, 0.29) is 11.4 Å². The van der Waals surface area contributed by atoms with Gasteiger partial charge in [0.2, 0.25) is 0 Å². The molecule has 1 aromatic heterocycles. The van der Waals surface area contributed by atoms with Gasteiger partial charge >= 0.3 is 0 Å². The summed E-state index contributed by atoms with van der Waals surface area (Å²) in [5, 5.41) is 3.52. The minimum atomic E-state index is -0.241. The summed E-state index contributed by atoms with van der Waals surface area (Å²) >= 11 is 1.45. The average molecular weight is 225 g/mol. The van der Waals surface area contributed by atoms with Crippen molar-refractivity contribution in [3.63, 3.8) is 0 Å². The minimum absolute atomic E-state index is 0.143. The molecule has 0 saturated heterocycles. The third-order valence-corrected chi connectivity index (χ3v) is 2.14. The van der Waals surface area contributed by atoms with Crippen molar-refractivity contribution >= 4 is 17.7 Å². The van der Waals surface area contributed by atoms with E-state index in [0.29, 0.717) is 10.7 Å².